The number of halogens is 1. The number of methoxy groups -OCH3 is 1. The van der Waals surface area contributed by atoms with Crippen molar-refractivity contribution in [3.05, 3.63) is 16.5 Å². The fourth-order valence-electron chi connectivity index (χ4n) is 0.769. The van der Waals surface area contributed by atoms with E-state index in [9.17, 15) is 0 Å². The summed E-state index contributed by atoms with van der Waals surface area (Å²) in [5.41, 5.74) is 0.778. The van der Waals surface area contributed by atoms with Gasteiger partial charge in [-0.05, 0) is 13.8 Å². The van der Waals surface area contributed by atoms with E-state index < -0.39 is 0 Å². The maximum absolute atomic E-state index is 5.77. The molecule has 0 aliphatic rings. The molecule has 0 unspecified atom stereocenters. The molecule has 1 aromatic heterocycles. The summed E-state index contributed by atoms with van der Waals surface area (Å²) >= 11 is 5.77. The second-order valence-corrected chi connectivity index (χ2v) is 2.55. The van der Waals surface area contributed by atoms with Crippen LogP contribution in [0.15, 0.2) is 0 Å². The molecular weight excluding hydrogens is 164 g/mol. The van der Waals surface area contributed by atoms with Gasteiger partial charge in [-0.25, -0.2) is 4.98 Å². The molecule has 11 heavy (non-hydrogen) atoms. The van der Waals surface area contributed by atoms with Gasteiger partial charge in [0.15, 0.2) is 0 Å². The van der Waals surface area contributed by atoms with Gasteiger partial charge >= 0.3 is 0 Å². The summed E-state index contributed by atoms with van der Waals surface area (Å²) in [6, 6.07) is 0. The van der Waals surface area contributed by atoms with Crippen LogP contribution in [0.25, 0.3) is 0 Å². The van der Waals surface area contributed by atoms with Gasteiger partial charge in [-0.15, -0.1) is 0 Å². The molecule has 0 aliphatic carbocycles. The van der Waals surface area contributed by atoms with Gasteiger partial charge < -0.3 is 4.74 Å². The summed E-state index contributed by atoms with van der Waals surface area (Å²) in [4.78, 5) is 7.99. The SMILES string of the molecule is COc1nc(C)nc(Cl)c1C. The van der Waals surface area contributed by atoms with Crippen LogP contribution in [-0.2, 0) is 0 Å². The van der Waals surface area contributed by atoms with Crippen molar-refractivity contribution in [3.63, 3.8) is 0 Å². The third-order valence-corrected chi connectivity index (χ3v) is 1.71. The van der Waals surface area contributed by atoms with Crippen molar-refractivity contribution in [2.75, 3.05) is 7.11 Å². The van der Waals surface area contributed by atoms with Crippen molar-refractivity contribution in [2.45, 2.75) is 13.8 Å². The highest BCUT2D eigenvalue weighted by Crippen LogP contribution is 2.20. The Kier molecular flexibility index (Phi) is 2.29. The minimum absolute atomic E-state index is 0.453. The molecule has 4 heteroatoms. The predicted molar refractivity (Wildman–Crippen MR) is 43.1 cm³/mol. The zero-order valence-corrected chi connectivity index (χ0v) is 7.44. The van der Waals surface area contributed by atoms with Crippen molar-refractivity contribution in [1.82, 2.24) is 9.97 Å². The van der Waals surface area contributed by atoms with E-state index >= 15 is 0 Å². The van der Waals surface area contributed by atoms with Gasteiger partial charge in [0.2, 0.25) is 5.88 Å². The smallest absolute Gasteiger partial charge is 0.220 e. The summed E-state index contributed by atoms with van der Waals surface area (Å²) < 4.78 is 4.97. The van der Waals surface area contributed by atoms with Gasteiger partial charge in [-0.1, -0.05) is 11.6 Å². The molecule has 1 aromatic rings. The third-order valence-electron chi connectivity index (χ3n) is 1.35. The van der Waals surface area contributed by atoms with Crippen LogP contribution < -0.4 is 4.74 Å². The molecule has 0 N–H and O–H groups in total. The molecule has 1 heterocycles. The molecule has 0 aromatic carbocycles. The van der Waals surface area contributed by atoms with Gasteiger partial charge in [0.05, 0.1) is 7.11 Å². The number of nitrogens with zero attached hydrogens (tertiary/aromatic N) is 2. The van der Waals surface area contributed by atoms with Gasteiger partial charge in [-0.3, -0.25) is 0 Å². The van der Waals surface area contributed by atoms with Crippen molar-refractivity contribution < 1.29 is 4.74 Å². The molecule has 0 bridgehead atoms. The lowest BCUT2D eigenvalue weighted by Gasteiger charge is -2.04. The fourth-order valence-corrected chi connectivity index (χ4v) is 0.972. The fraction of sp³-hybridized carbons (Fsp3) is 0.429. The van der Waals surface area contributed by atoms with Crippen LogP contribution in [0.2, 0.25) is 5.15 Å². The average molecular weight is 173 g/mol. The van der Waals surface area contributed by atoms with Crippen molar-refractivity contribution in [1.29, 1.82) is 0 Å². The first kappa shape index (κ1) is 8.27. The van der Waals surface area contributed by atoms with Crippen molar-refractivity contribution >= 4 is 11.6 Å². The lowest BCUT2D eigenvalue weighted by molar-refractivity contribution is 0.392. The Hall–Kier alpha value is -0.830. The topological polar surface area (TPSA) is 35.0 Å². The van der Waals surface area contributed by atoms with Crippen LogP contribution >= 0.6 is 11.6 Å². The predicted octanol–water partition coefficient (Wildman–Crippen LogP) is 1.76. The Balaban J connectivity index is 3.24. The second kappa shape index (κ2) is 3.05. The van der Waals surface area contributed by atoms with E-state index in [1.807, 2.05) is 6.92 Å². The monoisotopic (exact) mass is 172 g/mol. The molecular formula is C7H9ClN2O. The Morgan fingerprint density at radius 3 is 2.45 bits per heavy atom. The molecule has 0 saturated carbocycles. The van der Waals surface area contributed by atoms with E-state index in [1.54, 1.807) is 14.0 Å². The first-order chi connectivity index (χ1) is 5.15. The molecule has 0 spiro atoms. The van der Waals surface area contributed by atoms with E-state index in [2.05, 4.69) is 9.97 Å². The van der Waals surface area contributed by atoms with E-state index in [1.165, 1.54) is 0 Å². The lowest BCUT2D eigenvalue weighted by atomic mass is 10.4. The minimum atomic E-state index is 0.453. The van der Waals surface area contributed by atoms with E-state index in [0.717, 1.165) is 5.56 Å². The van der Waals surface area contributed by atoms with Gasteiger partial charge in [0.1, 0.15) is 11.0 Å². The Morgan fingerprint density at radius 2 is 1.91 bits per heavy atom. The van der Waals surface area contributed by atoms with Crippen LogP contribution in [0.1, 0.15) is 11.4 Å². The van der Waals surface area contributed by atoms with Crippen LogP contribution in [-0.4, -0.2) is 17.1 Å². The molecule has 3 nitrogen and oxygen atoms in total. The number of ether oxygens (including phenoxy) is 1. The largest absolute Gasteiger partial charge is 0.481 e. The van der Waals surface area contributed by atoms with Gasteiger partial charge in [0, 0.05) is 5.56 Å². The van der Waals surface area contributed by atoms with Crippen LogP contribution in [0.5, 0.6) is 5.88 Å². The summed E-state index contributed by atoms with van der Waals surface area (Å²) in [6.45, 7) is 3.59. The summed E-state index contributed by atoms with van der Waals surface area (Å²) in [6.07, 6.45) is 0. The molecule has 0 radical (unpaired) electrons. The van der Waals surface area contributed by atoms with Gasteiger partial charge in [-0.2, -0.15) is 4.98 Å². The standard InChI is InChI=1S/C7H9ClN2O/c1-4-6(8)9-5(2)10-7(4)11-3/h1-3H3. The number of hydrogen-bond acceptors (Lipinski definition) is 3. The second-order valence-electron chi connectivity index (χ2n) is 2.20. The molecule has 1 rings (SSSR count). The zero-order valence-electron chi connectivity index (χ0n) is 6.68. The molecule has 0 aliphatic heterocycles. The van der Waals surface area contributed by atoms with Crippen molar-refractivity contribution in [2.24, 2.45) is 0 Å². The Morgan fingerprint density at radius 1 is 1.27 bits per heavy atom. The number of aromatic nitrogens is 2. The minimum Gasteiger partial charge on any atom is -0.481 e. The van der Waals surface area contributed by atoms with Crippen LogP contribution in [0, 0.1) is 13.8 Å². The average Bonchev–Trinajstić information content (AvgIpc) is 1.96. The molecule has 0 saturated heterocycles. The first-order valence-electron chi connectivity index (χ1n) is 3.20. The summed E-state index contributed by atoms with van der Waals surface area (Å²) in [5.74, 6) is 1.17. The lowest BCUT2D eigenvalue weighted by Crippen LogP contribution is -1.97. The molecule has 0 amide bonds. The highest BCUT2D eigenvalue weighted by Gasteiger charge is 2.05. The molecule has 0 atom stereocenters. The van der Waals surface area contributed by atoms with Crippen LogP contribution in [0.4, 0.5) is 0 Å². The normalized spacial score (nSPS) is 9.82. The molecule has 60 valence electrons. The summed E-state index contributed by atoms with van der Waals surface area (Å²) in [7, 11) is 1.56. The third kappa shape index (κ3) is 1.60. The quantitative estimate of drug-likeness (QED) is 0.606. The maximum Gasteiger partial charge on any atom is 0.220 e. The van der Waals surface area contributed by atoms with E-state index in [-0.39, 0.29) is 0 Å². The Labute approximate surface area is 70.4 Å². The number of hydrogen-bond donors (Lipinski definition) is 0. The maximum atomic E-state index is 5.77. The number of rotatable bonds is 1. The first-order valence-corrected chi connectivity index (χ1v) is 3.57. The highest BCUT2D eigenvalue weighted by molar-refractivity contribution is 6.30. The zero-order chi connectivity index (χ0) is 8.43. The number of aryl methyl sites for hydroxylation is 1. The Bertz CT molecular complexity index is 275. The van der Waals surface area contributed by atoms with E-state index in [0.29, 0.717) is 16.9 Å². The van der Waals surface area contributed by atoms with E-state index in [4.69, 9.17) is 16.3 Å². The van der Waals surface area contributed by atoms with Gasteiger partial charge in [0.25, 0.3) is 0 Å². The highest BCUT2D eigenvalue weighted by atomic mass is 35.5. The molecule has 0 fully saturated rings. The summed E-state index contributed by atoms with van der Waals surface area (Å²) in [5, 5.41) is 0.453. The van der Waals surface area contributed by atoms with Crippen molar-refractivity contribution in [3.8, 4) is 5.88 Å². The van der Waals surface area contributed by atoms with Crippen LogP contribution in [0.3, 0.4) is 0 Å².